The molecule has 1 aliphatic heterocycles. The Morgan fingerprint density at radius 1 is 1.45 bits per heavy atom. The molecule has 0 saturated carbocycles. The number of nitrogens with two attached hydrogens (primary N) is 1. The normalized spacial score (nSPS) is 19.2. The van der Waals surface area contributed by atoms with Crippen molar-refractivity contribution in [3.05, 3.63) is 0 Å². The number of aliphatic carboxylic acids is 1. The van der Waals surface area contributed by atoms with E-state index in [0.29, 0.717) is 19.4 Å². The average Bonchev–Trinajstić information content (AvgIpc) is 2.85. The summed E-state index contributed by atoms with van der Waals surface area (Å²) in [5.41, 5.74) is 4.92. The van der Waals surface area contributed by atoms with Gasteiger partial charge in [-0.2, -0.15) is 0 Å². The van der Waals surface area contributed by atoms with Crippen molar-refractivity contribution in [2.45, 2.75) is 31.3 Å². The summed E-state index contributed by atoms with van der Waals surface area (Å²) < 4.78 is 4.58. The predicted octanol–water partition coefficient (Wildman–Crippen LogP) is -1.34. The maximum Gasteiger partial charge on any atom is 0.328 e. The van der Waals surface area contributed by atoms with Gasteiger partial charge >= 0.3 is 18.0 Å². The van der Waals surface area contributed by atoms with E-state index in [0.717, 1.165) is 0 Å². The third-order valence-corrected chi connectivity index (χ3v) is 2.99. The van der Waals surface area contributed by atoms with E-state index in [1.807, 2.05) is 0 Å². The number of carbonyl (C=O) groups is 4. The summed E-state index contributed by atoms with van der Waals surface area (Å²) in [7, 11) is 1.21. The lowest BCUT2D eigenvalue weighted by Crippen LogP contribution is -2.52. The van der Waals surface area contributed by atoms with E-state index in [1.165, 1.54) is 12.0 Å². The SMILES string of the molecule is COC(=O)C1CCCN1C(=O)N[C@H](CC(N)=O)C(=O)O. The Morgan fingerprint density at radius 3 is 2.60 bits per heavy atom. The maximum atomic E-state index is 12.0. The highest BCUT2D eigenvalue weighted by atomic mass is 16.5. The number of ether oxygens (including phenoxy) is 1. The summed E-state index contributed by atoms with van der Waals surface area (Å²) in [6.07, 6.45) is 0.548. The lowest BCUT2D eigenvalue weighted by molar-refractivity contribution is -0.145. The van der Waals surface area contributed by atoms with Crippen LogP contribution in [0.3, 0.4) is 0 Å². The molecule has 0 spiro atoms. The summed E-state index contributed by atoms with van der Waals surface area (Å²) in [6.45, 7) is 0.314. The van der Waals surface area contributed by atoms with Gasteiger partial charge in [0.2, 0.25) is 5.91 Å². The number of urea groups is 1. The van der Waals surface area contributed by atoms with Crippen molar-refractivity contribution in [2.24, 2.45) is 5.73 Å². The van der Waals surface area contributed by atoms with Crippen LogP contribution >= 0.6 is 0 Å². The van der Waals surface area contributed by atoms with Gasteiger partial charge in [0, 0.05) is 6.54 Å². The molecule has 0 radical (unpaired) electrons. The summed E-state index contributed by atoms with van der Waals surface area (Å²) >= 11 is 0. The van der Waals surface area contributed by atoms with Crippen LogP contribution in [0, 0.1) is 0 Å². The van der Waals surface area contributed by atoms with Crippen LogP contribution in [0.1, 0.15) is 19.3 Å². The minimum Gasteiger partial charge on any atom is -0.480 e. The second-order valence-electron chi connectivity index (χ2n) is 4.39. The van der Waals surface area contributed by atoms with Crippen LogP contribution in [0.25, 0.3) is 0 Å². The fourth-order valence-electron chi connectivity index (χ4n) is 2.02. The number of hydrogen-bond acceptors (Lipinski definition) is 5. The van der Waals surface area contributed by atoms with Gasteiger partial charge in [-0.05, 0) is 12.8 Å². The number of nitrogens with one attached hydrogen (secondary N) is 1. The standard InChI is InChI=1S/C11H17N3O6/c1-20-10(18)7-3-2-4-14(7)11(19)13-6(9(16)17)5-8(12)15/h6-7H,2-5H2,1H3,(H2,12,15)(H,13,19)(H,16,17)/t6-,7?/m1/s1. The molecule has 20 heavy (non-hydrogen) atoms. The van der Waals surface area contributed by atoms with Crippen LogP contribution in [0.2, 0.25) is 0 Å². The van der Waals surface area contributed by atoms with Crippen molar-refractivity contribution in [1.82, 2.24) is 10.2 Å². The fourth-order valence-corrected chi connectivity index (χ4v) is 2.02. The molecule has 1 unspecified atom stereocenters. The van der Waals surface area contributed by atoms with E-state index in [4.69, 9.17) is 10.8 Å². The average molecular weight is 287 g/mol. The molecule has 1 heterocycles. The van der Waals surface area contributed by atoms with Gasteiger partial charge in [0.05, 0.1) is 13.5 Å². The smallest absolute Gasteiger partial charge is 0.328 e. The Morgan fingerprint density at radius 2 is 2.10 bits per heavy atom. The van der Waals surface area contributed by atoms with Crippen LogP contribution in [0.5, 0.6) is 0 Å². The number of rotatable bonds is 5. The topological polar surface area (TPSA) is 139 Å². The summed E-state index contributed by atoms with van der Waals surface area (Å²) in [5, 5.41) is 11.1. The number of amides is 3. The van der Waals surface area contributed by atoms with Crippen LogP contribution in [0.4, 0.5) is 4.79 Å². The Bertz CT molecular complexity index is 424. The van der Waals surface area contributed by atoms with E-state index in [1.54, 1.807) is 0 Å². The van der Waals surface area contributed by atoms with E-state index in [-0.39, 0.29) is 0 Å². The highest BCUT2D eigenvalue weighted by Crippen LogP contribution is 2.18. The van der Waals surface area contributed by atoms with Crippen LogP contribution < -0.4 is 11.1 Å². The molecule has 9 nitrogen and oxygen atoms in total. The van der Waals surface area contributed by atoms with Crippen molar-refractivity contribution in [3.8, 4) is 0 Å². The number of carbonyl (C=O) groups excluding carboxylic acids is 3. The molecule has 0 aliphatic carbocycles. The first-order chi connectivity index (χ1) is 9.36. The molecule has 1 rings (SSSR count). The molecule has 3 amide bonds. The third kappa shape index (κ3) is 3.84. The molecule has 2 atom stereocenters. The number of methoxy groups -OCH3 is 1. The molecule has 1 aliphatic rings. The molecule has 4 N–H and O–H groups in total. The fraction of sp³-hybridized carbons (Fsp3) is 0.636. The molecule has 1 fully saturated rings. The highest BCUT2D eigenvalue weighted by molar-refractivity contribution is 5.89. The van der Waals surface area contributed by atoms with E-state index < -0.39 is 42.4 Å². The Kier molecular flexibility index (Phi) is 5.30. The van der Waals surface area contributed by atoms with Gasteiger partial charge in [-0.1, -0.05) is 0 Å². The van der Waals surface area contributed by atoms with Crippen molar-refractivity contribution < 1.29 is 29.0 Å². The number of esters is 1. The first-order valence-electron chi connectivity index (χ1n) is 6.03. The van der Waals surface area contributed by atoms with Gasteiger partial charge in [-0.25, -0.2) is 14.4 Å². The van der Waals surface area contributed by atoms with Crippen LogP contribution in [-0.4, -0.2) is 59.6 Å². The highest BCUT2D eigenvalue weighted by Gasteiger charge is 2.36. The van der Waals surface area contributed by atoms with E-state index in [2.05, 4.69) is 10.1 Å². The van der Waals surface area contributed by atoms with Gasteiger partial charge in [0.25, 0.3) is 0 Å². The minimum absolute atomic E-state index is 0.314. The summed E-state index contributed by atoms with van der Waals surface area (Å²) in [5.74, 6) is -2.77. The molecule has 0 bridgehead atoms. The molecule has 0 aromatic heterocycles. The first-order valence-corrected chi connectivity index (χ1v) is 6.03. The molecule has 0 aromatic rings. The first kappa shape index (κ1) is 15.7. The van der Waals surface area contributed by atoms with Gasteiger partial charge in [-0.3, -0.25) is 4.79 Å². The number of hydrogen-bond donors (Lipinski definition) is 3. The maximum absolute atomic E-state index is 12.0. The number of primary amides is 1. The van der Waals surface area contributed by atoms with Crippen molar-refractivity contribution >= 4 is 23.9 Å². The zero-order valence-electron chi connectivity index (χ0n) is 11.0. The zero-order valence-corrected chi connectivity index (χ0v) is 11.0. The quantitative estimate of drug-likeness (QED) is 0.535. The van der Waals surface area contributed by atoms with Gasteiger partial charge < -0.3 is 25.8 Å². The van der Waals surface area contributed by atoms with Crippen LogP contribution in [-0.2, 0) is 19.1 Å². The van der Waals surface area contributed by atoms with E-state index >= 15 is 0 Å². The number of carboxylic acid groups (broad SMARTS) is 1. The molecule has 0 aromatic carbocycles. The van der Waals surface area contributed by atoms with Gasteiger partial charge in [0.15, 0.2) is 0 Å². The van der Waals surface area contributed by atoms with Gasteiger partial charge in [-0.15, -0.1) is 0 Å². The van der Waals surface area contributed by atoms with E-state index in [9.17, 15) is 19.2 Å². The third-order valence-electron chi connectivity index (χ3n) is 2.99. The van der Waals surface area contributed by atoms with Crippen LogP contribution in [0.15, 0.2) is 0 Å². The predicted molar refractivity (Wildman–Crippen MR) is 65.5 cm³/mol. The number of nitrogens with zero attached hydrogens (tertiary/aromatic N) is 1. The second-order valence-corrected chi connectivity index (χ2v) is 4.39. The summed E-state index contributed by atoms with van der Waals surface area (Å²) in [6, 6.07) is -2.88. The second kappa shape index (κ2) is 6.73. The number of likely N-dealkylation sites (tertiary alicyclic amines) is 1. The largest absolute Gasteiger partial charge is 0.480 e. The lowest BCUT2D eigenvalue weighted by atomic mass is 10.2. The Balaban J connectivity index is 2.70. The minimum atomic E-state index is -1.42. The molecular weight excluding hydrogens is 270 g/mol. The molecule has 112 valence electrons. The monoisotopic (exact) mass is 287 g/mol. The molecule has 9 heteroatoms. The summed E-state index contributed by atoms with van der Waals surface area (Å²) in [4.78, 5) is 46.3. The Hall–Kier alpha value is -2.32. The lowest BCUT2D eigenvalue weighted by Gasteiger charge is -2.24. The Labute approximate surface area is 115 Å². The van der Waals surface area contributed by atoms with Crippen molar-refractivity contribution in [3.63, 3.8) is 0 Å². The molecular formula is C11H17N3O6. The van der Waals surface area contributed by atoms with Gasteiger partial charge in [0.1, 0.15) is 12.1 Å². The number of carboxylic acids is 1. The van der Waals surface area contributed by atoms with Crippen molar-refractivity contribution in [2.75, 3.05) is 13.7 Å². The zero-order chi connectivity index (χ0) is 15.3. The molecule has 1 saturated heterocycles. The van der Waals surface area contributed by atoms with Crippen molar-refractivity contribution in [1.29, 1.82) is 0 Å².